The van der Waals surface area contributed by atoms with Gasteiger partial charge in [0.15, 0.2) is 6.29 Å². The molecule has 2 unspecified atom stereocenters. The third kappa shape index (κ3) is 5.18. The van der Waals surface area contributed by atoms with Gasteiger partial charge in [0.05, 0.1) is 0 Å². The molecule has 0 saturated heterocycles. The van der Waals surface area contributed by atoms with Crippen molar-refractivity contribution in [3.8, 4) is 0 Å². The lowest BCUT2D eigenvalue weighted by atomic mass is 9.95. The van der Waals surface area contributed by atoms with E-state index in [4.69, 9.17) is 15.3 Å². The first-order valence-corrected chi connectivity index (χ1v) is 4.05. The highest BCUT2D eigenvalue weighted by Gasteiger charge is 2.13. The fourth-order valence-electron chi connectivity index (χ4n) is 1.09. The smallest absolute Gasteiger partial charge is 0.154 e. The summed E-state index contributed by atoms with van der Waals surface area (Å²) in [6.45, 7) is 3.96. The minimum atomic E-state index is -1.23. The van der Waals surface area contributed by atoms with Crippen molar-refractivity contribution in [1.29, 1.82) is 0 Å². The van der Waals surface area contributed by atoms with Crippen LogP contribution >= 0.6 is 0 Å². The Balaban J connectivity index is 3.48. The van der Waals surface area contributed by atoms with Crippen LogP contribution in [0.5, 0.6) is 0 Å². The second-order valence-electron chi connectivity index (χ2n) is 3.24. The molecule has 0 spiro atoms. The lowest BCUT2D eigenvalue weighted by Crippen LogP contribution is -2.19. The molecule has 2 atom stereocenters. The van der Waals surface area contributed by atoms with E-state index >= 15 is 0 Å². The van der Waals surface area contributed by atoms with E-state index in [0.29, 0.717) is 5.92 Å². The minimum absolute atomic E-state index is 0.100. The van der Waals surface area contributed by atoms with E-state index in [1.807, 2.05) is 6.92 Å². The van der Waals surface area contributed by atoms with Gasteiger partial charge in [0.2, 0.25) is 0 Å². The Labute approximate surface area is 67.7 Å². The molecule has 68 valence electrons. The number of hydrogen-bond donors (Lipinski definition) is 3. The minimum Gasteiger partial charge on any atom is -0.396 e. The van der Waals surface area contributed by atoms with Crippen molar-refractivity contribution in [2.45, 2.75) is 33.0 Å². The highest BCUT2D eigenvalue weighted by Crippen LogP contribution is 2.16. The van der Waals surface area contributed by atoms with E-state index in [9.17, 15) is 0 Å². The molecule has 0 radical (unpaired) electrons. The third-order valence-corrected chi connectivity index (χ3v) is 1.91. The molecule has 0 aromatic heterocycles. The van der Waals surface area contributed by atoms with Crippen LogP contribution in [0.1, 0.15) is 26.7 Å². The van der Waals surface area contributed by atoms with E-state index in [1.165, 1.54) is 0 Å². The maximum atomic E-state index is 8.73. The van der Waals surface area contributed by atoms with E-state index in [1.54, 1.807) is 6.92 Å². The monoisotopic (exact) mass is 162 g/mol. The molecule has 0 aliphatic carbocycles. The van der Waals surface area contributed by atoms with Gasteiger partial charge in [0, 0.05) is 12.5 Å². The van der Waals surface area contributed by atoms with Crippen molar-refractivity contribution < 1.29 is 15.3 Å². The van der Waals surface area contributed by atoms with Crippen LogP contribution in [0.4, 0.5) is 0 Å². The van der Waals surface area contributed by atoms with Gasteiger partial charge in [0.25, 0.3) is 0 Å². The summed E-state index contributed by atoms with van der Waals surface area (Å²) in [5, 5.41) is 26.0. The molecular formula is C8H18O3. The molecule has 3 heteroatoms. The Morgan fingerprint density at radius 2 is 1.73 bits per heavy atom. The molecule has 0 aliphatic rings. The molecule has 0 amide bonds. The Hall–Kier alpha value is -0.120. The molecule has 0 bridgehead atoms. The lowest BCUT2D eigenvalue weighted by molar-refractivity contribution is -0.0839. The van der Waals surface area contributed by atoms with Gasteiger partial charge >= 0.3 is 0 Å². The van der Waals surface area contributed by atoms with Gasteiger partial charge in [-0.2, -0.15) is 0 Å². The zero-order valence-electron chi connectivity index (χ0n) is 7.20. The summed E-state index contributed by atoms with van der Waals surface area (Å²) in [5.74, 6) is 0.258. The van der Waals surface area contributed by atoms with Crippen LogP contribution in [0, 0.1) is 11.8 Å². The average Bonchev–Trinajstić information content (AvgIpc) is 1.87. The summed E-state index contributed by atoms with van der Waals surface area (Å²) in [7, 11) is 0. The van der Waals surface area contributed by atoms with Crippen molar-refractivity contribution in [3.63, 3.8) is 0 Å². The summed E-state index contributed by atoms with van der Waals surface area (Å²) in [6.07, 6.45) is 0.256. The molecule has 0 aromatic carbocycles. The Bertz CT molecular complexity index is 93.3. The molecule has 11 heavy (non-hydrogen) atoms. The zero-order valence-corrected chi connectivity index (χ0v) is 7.20. The first-order chi connectivity index (χ1) is 5.07. The van der Waals surface area contributed by atoms with E-state index in [0.717, 1.165) is 12.8 Å². The van der Waals surface area contributed by atoms with Gasteiger partial charge in [-0.1, -0.05) is 13.8 Å². The molecular weight excluding hydrogens is 144 g/mol. The number of rotatable bonds is 5. The van der Waals surface area contributed by atoms with Crippen LogP contribution < -0.4 is 0 Å². The largest absolute Gasteiger partial charge is 0.396 e. The van der Waals surface area contributed by atoms with Crippen molar-refractivity contribution in [1.82, 2.24) is 0 Å². The highest BCUT2D eigenvalue weighted by atomic mass is 16.5. The van der Waals surface area contributed by atoms with E-state index in [2.05, 4.69) is 0 Å². The second kappa shape index (κ2) is 5.52. The van der Waals surface area contributed by atoms with Crippen LogP contribution in [0.25, 0.3) is 0 Å². The van der Waals surface area contributed by atoms with Crippen LogP contribution in [-0.2, 0) is 0 Å². The first-order valence-electron chi connectivity index (χ1n) is 4.05. The summed E-state index contributed by atoms with van der Waals surface area (Å²) >= 11 is 0. The van der Waals surface area contributed by atoms with Crippen LogP contribution in [-0.4, -0.2) is 28.2 Å². The van der Waals surface area contributed by atoms with Gasteiger partial charge in [-0.15, -0.1) is 0 Å². The van der Waals surface area contributed by atoms with Gasteiger partial charge in [0.1, 0.15) is 0 Å². The van der Waals surface area contributed by atoms with Crippen molar-refractivity contribution in [2.24, 2.45) is 11.8 Å². The van der Waals surface area contributed by atoms with Gasteiger partial charge in [-0.3, -0.25) is 0 Å². The molecule has 3 nitrogen and oxygen atoms in total. The average molecular weight is 162 g/mol. The molecule has 0 aromatic rings. The fourth-order valence-corrected chi connectivity index (χ4v) is 1.09. The van der Waals surface area contributed by atoms with Gasteiger partial charge in [-0.05, 0) is 18.8 Å². The quantitative estimate of drug-likeness (QED) is 0.511. The van der Waals surface area contributed by atoms with Crippen molar-refractivity contribution in [3.05, 3.63) is 0 Å². The number of hydrogen-bond acceptors (Lipinski definition) is 3. The Morgan fingerprint density at radius 1 is 1.18 bits per heavy atom. The Morgan fingerprint density at radius 3 is 2.09 bits per heavy atom. The van der Waals surface area contributed by atoms with E-state index in [-0.39, 0.29) is 12.5 Å². The second-order valence-corrected chi connectivity index (χ2v) is 3.24. The predicted molar refractivity (Wildman–Crippen MR) is 42.9 cm³/mol. The van der Waals surface area contributed by atoms with Crippen LogP contribution in [0.2, 0.25) is 0 Å². The topological polar surface area (TPSA) is 60.7 Å². The SMILES string of the molecule is CC(CCO)CC(C)C(O)O. The molecule has 0 heterocycles. The van der Waals surface area contributed by atoms with Crippen molar-refractivity contribution >= 4 is 0 Å². The zero-order chi connectivity index (χ0) is 8.85. The maximum absolute atomic E-state index is 8.73. The lowest BCUT2D eigenvalue weighted by Gasteiger charge is -2.17. The normalized spacial score (nSPS) is 16.9. The van der Waals surface area contributed by atoms with Crippen molar-refractivity contribution in [2.75, 3.05) is 6.61 Å². The molecule has 0 fully saturated rings. The molecule has 0 aliphatic heterocycles. The first kappa shape index (κ1) is 10.9. The predicted octanol–water partition coefficient (Wildman–Crippen LogP) is 0.342. The summed E-state index contributed by atoms with van der Waals surface area (Å²) in [5.41, 5.74) is 0. The molecule has 0 rings (SSSR count). The number of aliphatic hydroxyl groups excluding tert-OH is 2. The summed E-state index contributed by atoms with van der Waals surface area (Å²) < 4.78 is 0. The van der Waals surface area contributed by atoms with Crippen LogP contribution in [0.3, 0.4) is 0 Å². The highest BCUT2D eigenvalue weighted by molar-refractivity contribution is 4.60. The number of aliphatic hydroxyl groups is 3. The molecule has 0 saturated carbocycles. The fraction of sp³-hybridized carbons (Fsp3) is 1.00. The Kier molecular flexibility index (Phi) is 5.46. The third-order valence-electron chi connectivity index (χ3n) is 1.91. The van der Waals surface area contributed by atoms with E-state index < -0.39 is 6.29 Å². The van der Waals surface area contributed by atoms with Gasteiger partial charge < -0.3 is 15.3 Å². The van der Waals surface area contributed by atoms with Gasteiger partial charge in [-0.25, -0.2) is 0 Å². The maximum Gasteiger partial charge on any atom is 0.154 e. The standard InChI is InChI=1S/C8H18O3/c1-6(3-4-9)5-7(2)8(10)11/h6-11H,3-5H2,1-2H3. The molecule has 3 N–H and O–H groups in total. The summed E-state index contributed by atoms with van der Waals surface area (Å²) in [6, 6.07) is 0. The summed E-state index contributed by atoms with van der Waals surface area (Å²) in [4.78, 5) is 0. The van der Waals surface area contributed by atoms with Crippen LogP contribution in [0.15, 0.2) is 0 Å².